The highest BCUT2D eigenvalue weighted by atomic mass is 16.6. The van der Waals surface area contributed by atoms with E-state index >= 15 is 0 Å². The molecule has 0 aliphatic heterocycles. The van der Waals surface area contributed by atoms with Gasteiger partial charge in [-0.15, -0.1) is 0 Å². The third-order valence-electron chi connectivity index (χ3n) is 8.01. The molecule has 2 N–H and O–H groups in total. The Labute approximate surface area is 270 Å². The number of carbonyl (C=O) groups excluding carboxylic acids is 2. The normalized spacial score (nSPS) is 14.0. The van der Waals surface area contributed by atoms with Gasteiger partial charge in [0.15, 0.2) is 0 Å². The molecule has 0 aromatic heterocycles. The number of rotatable bonds is 31. The number of hydrogen-bond donors (Lipinski definition) is 2. The van der Waals surface area contributed by atoms with E-state index in [0.717, 1.165) is 70.1 Å². The van der Waals surface area contributed by atoms with Gasteiger partial charge in [-0.25, -0.2) is 0 Å². The molecule has 2 unspecified atom stereocenters. The van der Waals surface area contributed by atoms with Crippen LogP contribution in [-0.4, -0.2) is 47.6 Å². The lowest BCUT2D eigenvalue weighted by Gasteiger charge is -2.12. The minimum Gasteiger partial charge on any atom is -0.463 e. The summed E-state index contributed by atoms with van der Waals surface area (Å²) in [6, 6.07) is 0. The van der Waals surface area contributed by atoms with Crippen molar-refractivity contribution in [1.29, 1.82) is 0 Å². The highest BCUT2D eigenvalue weighted by Gasteiger charge is 2.12. The van der Waals surface area contributed by atoms with Crippen LogP contribution in [0.15, 0.2) is 36.5 Å². The third kappa shape index (κ3) is 31.5. The fourth-order valence-corrected chi connectivity index (χ4v) is 4.86. The Morgan fingerprint density at radius 2 is 1.14 bits per heavy atom. The molecule has 0 rings (SSSR count). The summed E-state index contributed by atoms with van der Waals surface area (Å²) >= 11 is 0. The van der Waals surface area contributed by atoms with E-state index in [2.05, 4.69) is 32.9 Å². The molecule has 0 spiro atoms. The zero-order valence-corrected chi connectivity index (χ0v) is 28.7. The Kier molecular flexibility index (Phi) is 31.1. The van der Waals surface area contributed by atoms with Gasteiger partial charge in [0.25, 0.3) is 0 Å². The Balaban J connectivity index is 3.53. The van der Waals surface area contributed by atoms with Gasteiger partial charge < -0.3 is 19.7 Å². The predicted molar refractivity (Wildman–Crippen MR) is 183 cm³/mol. The van der Waals surface area contributed by atoms with Crippen molar-refractivity contribution in [1.82, 2.24) is 0 Å². The second-order valence-corrected chi connectivity index (χ2v) is 12.4. The first-order chi connectivity index (χ1) is 21.4. The van der Waals surface area contributed by atoms with Crippen molar-refractivity contribution in [3.63, 3.8) is 0 Å². The van der Waals surface area contributed by atoms with Crippen LogP contribution in [0.25, 0.3) is 0 Å². The number of aliphatic hydroxyl groups is 2. The fourth-order valence-electron chi connectivity index (χ4n) is 4.86. The molecule has 0 aromatic carbocycles. The van der Waals surface area contributed by atoms with E-state index in [1.807, 2.05) is 24.3 Å². The van der Waals surface area contributed by atoms with Crippen LogP contribution in [0, 0.1) is 5.92 Å². The summed E-state index contributed by atoms with van der Waals surface area (Å²) in [5.41, 5.74) is 0. The standard InChI is InChI=1S/C38H68O6/c1-4-6-22-28-35(39)29-24-19-15-11-9-13-17-21-26-31-38(42)44-33-36(40)32-43-37(41)30-25-20-16-12-8-7-10-14-18-23-27-34(3)5-2/h6,15,19,22,24,29,34-36,39-40H,4-5,7-14,16-18,20-21,23,25-28,30-33H2,1-3H3/b19-15+,22-6+,29-24+/t34?,35?,36-/m0/s1. The van der Waals surface area contributed by atoms with E-state index in [-0.39, 0.29) is 25.2 Å². The summed E-state index contributed by atoms with van der Waals surface area (Å²) in [7, 11) is 0. The third-order valence-corrected chi connectivity index (χ3v) is 8.01. The van der Waals surface area contributed by atoms with Crippen LogP contribution in [0.5, 0.6) is 0 Å². The first kappa shape index (κ1) is 42.1. The molecular weight excluding hydrogens is 552 g/mol. The van der Waals surface area contributed by atoms with Crippen LogP contribution < -0.4 is 0 Å². The van der Waals surface area contributed by atoms with Crippen molar-refractivity contribution in [2.45, 2.75) is 174 Å². The van der Waals surface area contributed by atoms with E-state index in [1.54, 1.807) is 0 Å². The summed E-state index contributed by atoms with van der Waals surface area (Å²) in [5, 5.41) is 19.8. The molecule has 0 saturated heterocycles. The first-order valence-corrected chi connectivity index (χ1v) is 18.0. The molecule has 0 heterocycles. The number of allylic oxidation sites excluding steroid dienone is 4. The zero-order chi connectivity index (χ0) is 32.5. The van der Waals surface area contributed by atoms with Gasteiger partial charge in [-0.3, -0.25) is 9.59 Å². The van der Waals surface area contributed by atoms with Crippen molar-refractivity contribution in [3.8, 4) is 0 Å². The first-order valence-electron chi connectivity index (χ1n) is 18.0. The quantitative estimate of drug-likeness (QED) is 0.0347. The molecule has 44 heavy (non-hydrogen) atoms. The summed E-state index contributed by atoms with van der Waals surface area (Å²) in [5.74, 6) is 0.255. The van der Waals surface area contributed by atoms with Gasteiger partial charge in [0.1, 0.15) is 19.3 Å². The number of carbonyl (C=O) groups is 2. The number of esters is 2. The van der Waals surface area contributed by atoms with Crippen LogP contribution in [0.3, 0.4) is 0 Å². The smallest absolute Gasteiger partial charge is 0.305 e. The molecular formula is C38H68O6. The number of unbranched alkanes of at least 4 members (excludes halogenated alkanes) is 14. The monoisotopic (exact) mass is 621 g/mol. The fraction of sp³-hybridized carbons (Fsp3) is 0.789. The molecule has 3 atom stereocenters. The Bertz CT molecular complexity index is 744. The van der Waals surface area contributed by atoms with Gasteiger partial charge in [0.2, 0.25) is 0 Å². The Hall–Kier alpha value is -1.92. The van der Waals surface area contributed by atoms with Crippen molar-refractivity contribution >= 4 is 11.9 Å². The molecule has 0 aliphatic rings. The minimum absolute atomic E-state index is 0.134. The van der Waals surface area contributed by atoms with E-state index in [9.17, 15) is 19.8 Å². The minimum atomic E-state index is -0.984. The van der Waals surface area contributed by atoms with Crippen LogP contribution in [0.4, 0.5) is 0 Å². The van der Waals surface area contributed by atoms with Crippen molar-refractivity contribution < 1.29 is 29.3 Å². The molecule has 0 amide bonds. The van der Waals surface area contributed by atoms with E-state index < -0.39 is 12.2 Å². The van der Waals surface area contributed by atoms with Crippen LogP contribution in [-0.2, 0) is 19.1 Å². The average Bonchev–Trinajstić information content (AvgIpc) is 3.01. The zero-order valence-electron chi connectivity index (χ0n) is 28.7. The number of ether oxygens (including phenoxy) is 2. The molecule has 256 valence electrons. The molecule has 0 aliphatic carbocycles. The lowest BCUT2D eigenvalue weighted by Crippen LogP contribution is -2.25. The number of hydrogen-bond acceptors (Lipinski definition) is 6. The lowest BCUT2D eigenvalue weighted by molar-refractivity contribution is -0.152. The molecule has 0 bridgehead atoms. The lowest BCUT2D eigenvalue weighted by atomic mass is 9.99. The van der Waals surface area contributed by atoms with E-state index in [4.69, 9.17) is 9.47 Å². The van der Waals surface area contributed by atoms with Gasteiger partial charge in [-0.1, -0.05) is 147 Å². The van der Waals surface area contributed by atoms with Crippen molar-refractivity contribution in [2.24, 2.45) is 5.92 Å². The van der Waals surface area contributed by atoms with Gasteiger partial charge in [-0.05, 0) is 44.4 Å². The van der Waals surface area contributed by atoms with Crippen LogP contribution in [0.1, 0.15) is 162 Å². The van der Waals surface area contributed by atoms with Gasteiger partial charge in [-0.2, -0.15) is 0 Å². The average molecular weight is 621 g/mol. The second kappa shape index (κ2) is 32.5. The second-order valence-electron chi connectivity index (χ2n) is 12.4. The van der Waals surface area contributed by atoms with Crippen molar-refractivity contribution in [2.75, 3.05) is 13.2 Å². The SMILES string of the molecule is CC/C=C/CC(O)/C=C/C=C/CCCCCCCC(=O)OC[C@@H](O)COC(=O)CCCCCCCCCCCCC(C)CC. The van der Waals surface area contributed by atoms with Gasteiger partial charge in [0, 0.05) is 12.8 Å². The predicted octanol–water partition coefficient (Wildman–Crippen LogP) is 9.72. The Morgan fingerprint density at radius 1 is 0.636 bits per heavy atom. The van der Waals surface area contributed by atoms with E-state index in [0.29, 0.717) is 19.3 Å². The highest BCUT2D eigenvalue weighted by Crippen LogP contribution is 2.15. The van der Waals surface area contributed by atoms with Crippen molar-refractivity contribution in [3.05, 3.63) is 36.5 Å². The molecule has 6 heteroatoms. The maximum Gasteiger partial charge on any atom is 0.305 e. The Morgan fingerprint density at radius 3 is 1.66 bits per heavy atom. The van der Waals surface area contributed by atoms with Gasteiger partial charge in [0.05, 0.1) is 6.10 Å². The molecule has 0 radical (unpaired) electrons. The molecule has 0 aromatic rings. The summed E-state index contributed by atoms with van der Waals surface area (Å²) in [6.07, 6.45) is 33.8. The number of aliphatic hydroxyl groups excluding tert-OH is 2. The van der Waals surface area contributed by atoms with Crippen LogP contribution in [0.2, 0.25) is 0 Å². The molecule has 0 saturated carbocycles. The maximum absolute atomic E-state index is 11.9. The molecule has 0 fully saturated rings. The summed E-state index contributed by atoms with van der Waals surface area (Å²) < 4.78 is 10.3. The summed E-state index contributed by atoms with van der Waals surface area (Å²) in [4.78, 5) is 23.9. The molecule has 6 nitrogen and oxygen atoms in total. The summed E-state index contributed by atoms with van der Waals surface area (Å²) in [6.45, 7) is 6.42. The maximum atomic E-state index is 11.9. The van der Waals surface area contributed by atoms with Crippen LogP contribution >= 0.6 is 0 Å². The van der Waals surface area contributed by atoms with E-state index in [1.165, 1.54) is 57.8 Å². The topological polar surface area (TPSA) is 93.1 Å². The van der Waals surface area contributed by atoms with Gasteiger partial charge >= 0.3 is 11.9 Å². The highest BCUT2D eigenvalue weighted by molar-refractivity contribution is 5.69. The largest absolute Gasteiger partial charge is 0.463 e.